The number of nitriles is 1. The summed E-state index contributed by atoms with van der Waals surface area (Å²) in [6, 6.07) is 9.38. The van der Waals surface area contributed by atoms with Gasteiger partial charge >= 0.3 is 0 Å². The molecule has 2 heteroatoms. The lowest BCUT2D eigenvalue weighted by Crippen LogP contribution is -2.35. The molecule has 0 spiro atoms. The van der Waals surface area contributed by atoms with E-state index in [4.69, 9.17) is 0 Å². The van der Waals surface area contributed by atoms with Crippen LogP contribution < -0.4 is 4.90 Å². The molecule has 1 saturated heterocycles. The van der Waals surface area contributed by atoms with Gasteiger partial charge in [0.15, 0.2) is 0 Å². The van der Waals surface area contributed by atoms with Gasteiger partial charge in [0.05, 0.1) is 11.3 Å². The first-order valence-electron chi connectivity index (χ1n) is 7.57. The molecule has 1 aromatic carbocycles. The van der Waals surface area contributed by atoms with Crippen molar-refractivity contribution in [2.45, 2.75) is 51.5 Å². The number of anilines is 1. The molecule has 0 bridgehead atoms. The maximum atomic E-state index is 9.38. The smallest absolute Gasteiger partial charge is 0.101 e. The molecule has 0 aromatic heterocycles. The minimum Gasteiger partial charge on any atom is -0.367 e. The average Bonchev–Trinajstić information content (AvgIpc) is 3.08. The topological polar surface area (TPSA) is 27.0 Å². The summed E-state index contributed by atoms with van der Waals surface area (Å²) in [5.41, 5.74) is 3.20. The highest BCUT2D eigenvalue weighted by molar-refractivity contribution is 5.61. The molecule has 1 aliphatic carbocycles. The second-order valence-electron chi connectivity index (χ2n) is 6.08. The van der Waals surface area contributed by atoms with Crippen molar-refractivity contribution in [3.63, 3.8) is 0 Å². The Labute approximate surface area is 116 Å². The van der Waals surface area contributed by atoms with Crippen LogP contribution in [-0.2, 0) is 0 Å². The molecule has 2 fully saturated rings. The largest absolute Gasteiger partial charge is 0.367 e. The monoisotopic (exact) mass is 254 g/mol. The van der Waals surface area contributed by atoms with Crippen LogP contribution in [0.15, 0.2) is 18.2 Å². The van der Waals surface area contributed by atoms with Gasteiger partial charge in [-0.3, -0.25) is 0 Å². The molecule has 3 rings (SSSR count). The molecule has 1 saturated carbocycles. The summed E-state index contributed by atoms with van der Waals surface area (Å²) < 4.78 is 0. The van der Waals surface area contributed by atoms with Crippen LogP contribution in [0.25, 0.3) is 0 Å². The molecule has 1 aromatic rings. The predicted molar refractivity (Wildman–Crippen MR) is 78.2 cm³/mol. The summed E-state index contributed by atoms with van der Waals surface area (Å²) in [4.78, 5) is 2.52. The second kappa shape index (κ2) is 5.25. The molecule has 0 amide bonds. The van der Waals surface area contributed by atoms with Gasteiger partial charge in [0.2, 0.25) is 0 Å². The standard InChI is InChI=1S/C17H22N2/c1-13-8-9-17(15(11-13)12-18)19-10-4-7-16(19)14-5-2-3-6-14/h8-9,11,14,16H,2-7,10H2,1H3. The van der Waals surface area contributed by atoms with Gasteiger partial charge in [0.25, 0.3) is 0 Å². The fourth-order valence-corrected chi connectivity index (χ4v) is 3.91. The SMILES string of the molecule is Cc1ccc(N2CCCC2C2CCCC2)c(C#N)c1. The summed E-state index contributed by atoms with van der Waals surface area (Å²) in [6.07, 6.45) is 8.15. The highest BCUT2D eigenvalue weighted by atomic mass is 15.2. The number of rotatable bonds is 2. The highest BCUT2D eigenvalue weighted by Crippen LogP contribution is 2.38. The van der Waals surface area contributed by atoms with Crippen molar-refractivity contribution in [2.24, 2.45) is 5.92 Å². The predicted octanol–water partition coefficient (Wildman–Crippen LogP) is 4.03. The molecule has 1 aliphatic heterocycles. The van der Waals surface area contributed by atoms with Crippen LogP contribution in [0.5, 0.6) is 0 Å². The van der Waals surface area contributed by atoms with E-state index in [0.29, 0.717) is 6.04 Å². The van der Waals surface area contributed by atoms with Crippen molar-refractivity contribution in [3.8, 4) is 6.07 Å². The van der Waals surface area contributed by atoms with Gasteiger partial charge < -0.3 is 4.90 Å². The van der Waals surface area contributed by atoms with Crippen molar-refractivity contribution in [3.05, 3.63) is 29.3 Å². The molecule has 1 atom stereocenters. The van der Waals surface area contributed by atoms with E-state index >= 15 is 0 Å². The maximum Gasteiger partial charge on any atom is 0.101 e. The summed E-state index contributed by atoms with van der Waals surface area (Å²) in [7, 11) is 0. The van der Waals surface area contributed by atoms with Gasteiger partial charge in [-0.1, -0.05) is 18.9 Å². The quantitative estimate of drug-likeness (QED) is 0.797. The first kappa shape index (κ1) is 12.5. The summed E-state index contributed by atoms with van der Waals surface area (Å²) in [5, 5.41) is 9.38. The summed E-state index contributed by atoms with van der Waals surface area (Å²) in [6.45, 7) is 3.18. The lowest BCUT2D eigenvalue weighted by molar-refractivity contribution is 0.430. The third kappa shape index (κ3) is 2.34. The Morgan fingerprint density at radius 3 is 2.68 bits per heavy atom. The van der Waals surface area contributed by atoms with Gasteiger partial charge in [-0.25, -0.2) is 0 Å². The molecule has 1 heterocycles. The molecule has 2 aliphatic rings. The fraction of sp³-hybridized carbons (Fsp3) is 0.588. The zero-order chi connectivity index (χ0) is 13.2. The van der Waals surface area contributed by atoms with Crippen LogP contribution in [0, 0.1) is 24.2 Å². The molecular weight excluding hydrogens is 232 g/mol. The van der Waals surface area contributed by atoms with Crippen LogP contribution in [0.1, 0.15) is 49.7 Å². The van der Waals surface area contributed by atoms with Gasteiger partial charge in [-0.2, -0.15) is 5.26 Å². The zero-order valence-corrected chi connectivity index (χ0v) is 11.7. The molecule has 0 N–H and O–H groups in total. The van der Waals surface area contributed by atoms with Crippen molar-refractivity contribution in [1.82, 2.24) is 0 Å². The Hall–Kier alpha value is -1.49. The highest BCUT2D eigenvalue weighted by Gasteiger charge is 2.34. The first-order valence-corrected chi connectivity index (χ1v) is 7.57. The number of benzene rings is 1. The second-order valence-corrected chi connectivity index (χ2v) is 6.08. The van der Waals surface area contributed by atoms with E-state index in [9.17, 15) is 5.26 Å². The van der Waals surface area contributed by atoms with Crippen molar-refractivity contribution in [1.29, 1.82) is 5.26 Å². The summed E-state index contributed by atoms with van der Waals surface area (Å²) >= 11 is 0. The third-order valence-corrected chi connectivity index (χ3v) is 4.83. The van der Waals surface area contributed by atoms with Crippen molar-refractivity contribution >= 4 is 5.69 Å². The van der Waals surface area contributed by atoms with Crippen LogP contribution in [0.2, 0.25) is 0 Å². The van der Waals surface area contributed by atoms with E-state index in [2.05, 4.69) is 30.0 Å². The lowest BCUT2D eigenvalue weighted by Gasteiger charge is -2.32. The van der Waals surface area contributed by atoms with Crippen molar-refractivity contribution in [2.75, 3.05) is 11.4 Å². The van der Waals surface area contributed by atoms with Crippen LogP contribution in [-0.4, -0.2) is 12.6 Å². The number of hydrogen-bond acceptors (Lipinski definition) is 2. The van der Waals surface area contributed by atoms with Gasteiger partial charge in [0.1, 0.15) is 6.07 Å². The van der Waals surface area contributed by atoms with Crippen LogP contribution >= 0.6 is 0 Å². The van der Waals surface area contributed by atoms with Crippen molar-refractivity contribution < 1.29 is 0 Å². The van der Waals surface area contributed by atoms with Crippen LogP contribution in [0.4, 0.5) is 5.69 Å². The fourth-order valence-electron chi connectivity index (χ4n) is 3.91. The Balaban J connectivity index is 1.90. The Morgan fingerprint density at radius 2 is 1.95 bits per heavy atom. The number of aryl methyl sites for hydroxylation is 1. The minimum absolute atomic E-state index is 0.678. The first-order chi connectivity index (χ1) is 9.29. The Morgan fingerprint density at radius 1 is 1.16 bits per heavy atom. The molecule has 19 heavy (non-hydrogen) atoms. The molecule has 1 unspecified atom stereocenters. The molecule has 100 valence electrons. The van der Waals surface area contributed by atoms with E-state index in [-0.39, 0.29) is 0 Å². The summed E-state index contributed by atoms with van der Waals surface area (Å²) in [5.74, 6) is 0.857. The number of nitrogens with zero attached hydrogens (tertiary/aromatic N) is 2. The van der Waals surface area contributed by atoms with E-state index in [1.165, 1.54) is 49.8 Å². The van der Waals surface area contributed by atoms with Gasteiger partial charge in [-0.15, -0.1) is 0 Å². The van der Waals surface area contributed by atoms with E-state index in [1.807, 2.05) is 6.07 Å². The Bertz CT molecular complexity index is 494. The lowest BCUT2D eigenvalue weighted by atomic mass is 9.95. The molecular formula is C17H22N2. The Kier molecular flexibility index (Phi) is 3.46. The van der Waals surface area contributed by atoms with Gasteiger partial charge in [-0.05, 0) is 56.2 Å². The molecule has 0 radical (unpaired) electrons. The maximum absolute atomic E-state index is 9.38. The zero-order valence-electron chi connectivity index (χ0n) is 11.7. The normalized spacial score (nSPS) is 23.8. The molecule has 2 nitrogen and oxygen atoms in total. The van der Waals surface area contributed by atoms with Gasteiger partial charge in [0, 0.05) is 12.6 Å². The van der Waals surface area contributed by atoms with E-state index < -0.39 is 0 Å². The van der Waals surface area contributed by atoms with E-state index in [0.717, 1.165) is 18.0 Å². The average molecular weight is 254 g/mol. The van der Waals surface area contributed by atoms with E-state index in [1.54, 1.807) is 0 Å². The minimum atomic E-state index is 0.678. The van der Waals surface area contributed by atoms with Crippen LogP contribution in [0.3, 0.4) is 0 Å². The third-order valence-electron chi connectivity index (χ3n) is 4.83. The number of hydrogen-bond donors (Lipinski definition) is 0.